The van der Waals surface area contributed by atoms with Gasteiger partial charge in [0, 0.05) is 5.02 Å². The second kappa shape index (κ2) is 4.85. The molecule has 0 spiro atoms. The minimum absolute atomic E-state index is 0.0508. The van der Waals surface area contributed by atoms with Crippen molar-refractivity contribution in [3.8, 4) is 0 Å². The molecule has 0 amide bonds. The molecule has 1 aliphatic heterocycles. The number of hydrogen-bond acceptors (Lipinski definition) is 1. The summed E-state index contributed by atoms with van der Waals surface area (Å²) in [6.45, 7) is 5.91. The van der Waals surface area contributed by atoms with Crippen molar-refractivity contribution in [1.82, 2.24) is 4.31 Å². The number of halogens is 3. The highest BCUT2D eigenvalue weighted by atomic mass is 79.9. The minimum atomic E-state index is -1.08. The fourth-order valence-corrected chi connectivity index (χ4v) is 5.37. The first-order chi connectivity index (χ1) is 8.15. The molecule has 1 aromatic rings. The molecule has 0 radical (unpaired) electrons. The normalized spacial score (nSPS) is 27.9. The van der Waals surface area contributed by atoms with Crippen molar-refractivity contribution in [2.45, 2.75) is 34.9 Å². The van der Waals surface area contributed by atoms with Crippen LogP contribution in [0.4, 0.5) is 0 Å². The van der Waals surface area contributed by atoms with Crippen molar-refractivity contribution in [2.24, 2.45) is 0 Å². The first kappa shape index (κ1) is 15.0. The zero-order chi connectivity index (χ0) is 13.7. The molecule has 6 heteroatoms. The maximum Gasteiger partial charge on any atom is 0.165 e. The maximum absolute atomic E-state index is 12.4. The van der Waals surface area contributed by atoms with Gasteiger partial charge in [0.2, 0.25) is 0 Å². The van der Waals surface area contributed by atoms with Crippen molar-refractivity contribution in [1.29, 1.82) is 0 Å². The summed E-state index contributed by atoms with van der Waals surface area (Å²) in [7, 11) is -1.08. The monoisotopic (exact) mass is 413 g/mol. The summed E-state index contributed by atoms with van der Waals surface area (Å²) >= 11 is 13.1. The van der Waals surface area contributed by atoms with Gasteiger partial charge in [0.25, 0.3) is 0 Å². The van der Waals surface area contributed by atoms with Crippen LogP contribution in [0, 0.1) is 0 Å². The third-order valence-electron chi connectivity index (χ3n) is 2.68. The Kier molecular flexibility index (Phi) is 4.03. The first-order valence-corrected chi connectivity index (χ1v) is 8.57. The lowest BCUT2D eigenvalue weighted by atomic mass is 10.2. The fraction of sp³-hybridized carbons (Fsp3) is 0.500. The van der Waals surface area contributed by atoms with Crippen molar-refractivity contribution < 1.29 is 4.21 Å². The molecule has 0 bridgehead atoms. The van der Waals surface area contributed by atoms with Crippen LogP contribution in [0.1, 0.15) is 32.4 Å². The Labute approximate surface area is 132 Å². The van der Waals surface area contributed by atoms with Crippen molar-refractivity contribution in [3.63, 3.8) is 0 Å². The zero-order valence-corrected chi connectivity index (χ0v) is 15.0. The Balaban J connectivity index is 2.26. The van der Waals surface area contributed by atoms with E-state index in [0.29, 0.717) is 5.02 Å². The van der Waals surface area contributed by atoms with E-state index in [1.165, 1.54) is 0 Å². The topological polar surface area (TPSA) is 20.1 Å². The van der Waals surface area contributed by atoms with Crippen LogP contribution in [0.25, 0.3) is 0 Å². The van der Waals surface area contributed by atoms with E-state index in [2.05, 4.69) is 31.9 Å². The minimum Gasteiger partial charge on any atom is -0.242 e. The SMILES string of the molecule is CC(C)(C)[S@@](=O)N1[C@@H](c2ccc(Cl)cc2)C1(Br)Br. The molecule has 2 rings (SSSR count). The van der Waals surface area contributed by atoms with Gasteiger partial charge in [-0.05, 0) is 38.5 Å². The second-order valence-corrected chi connectivity index (χ2v) is 11.3. The van der Waals surface area contributed by atoms with Gasteiger partial charge < -0.3 is 0 Å². The molecule has 3 atom stereocenters. The lowest BCUT2D eigenvalue weighted by molar-refractivity contribution is 0.605. The van der Waals surface area contributed by atoms with Gasteiger partial charge in [-0.1, -0.05) is 55.6 Å². The van der Waals surface area contributed by atoms with Crippen LogP contribution in [0.2, 0.25) is 5.02 Å². The van der Waals surface area contributed by atoms with Gasteiger partial charge in [-0.3, -0.25) is 0 Å². The molecule has 0 N–H and O–H groups in total. The van der Waals surface area contributed by atoms with Crippen molar-refractivity contribution >= 4 is 54.4 Å². The van der Waals surface area contributed by atoms with E-state index in [0.717, 1.165) is 5.56 Å². The van der Waals surface area contributed by atoms with E-state index in [1.54, 1.807) is 0 Å². The molecule has 1 saturated heterocycles. The highest BCUT2D eigenvalue weighted by Gasteiger charge is 2.65. The van der Waals surface area contributed by atoms with Gasteiger partial charge in [0.05, 0.1) is 10.8 Å². The number of nitrogens with zero attached hydrogens (tertiary/aromatic N) is 1. The lowest BCUT2D eigenvalue weighted by Gasteiger charge is -2.19. The van der Waals surface area contributed by atoms with Gasteiger partial charge in [0.1, 0.15) is 11.0 Å². The number of benzene rings is 1. The largest absolute Gasteiger partial charge is 0.242 e. The van der Waals surface area contributed by atoms with Crippen LogP contribution >= 0.6 is 43.5 Å². The van der Waals surface area contributed by atoms with Gasteiger partial charge >= 0.3 is 0 Å². The quantitative estimate of drug-likeness (QED) is 0.393. The molecule has 0 saturated carbocycles. The molecule has 1 fully saturated rings. The van der Waals surface area contributed by atoms with E-state index >= 15 is 0 Å². The van der Waals surface area contributed by atoms with E-state index in [9.17, 15) is 4.21 Å². The van der Waals surface area contributed by atoms with Gasteiger partial charge in [-0.25, -0.2) is 4.21 Å². The summed E-state index contributed by atoms with van der Waals surface area (Å²) in [6, 6.07) is 7.68. The van der Waals surface area contributed by atoms with Gasteiger partial charge in [0.15, 0.2) is 3.36 Å². The summed E-state index contributed by atoms with van der Waals surface area (Å²) in [5.74, 6) is 0. The third-order valence-corrected chi connectivity index (χ3v) is 6.93. The number of rotatable bonds is 2. The van der Waals surface area contributed by atoms with E-state index < -0.39 is 14.3 Å². The predicted octanol–water partition coefficient (Wildman–Crippen LogP) is 4.60. The number of alkyl halides is 2. The standard InChI is InChI=1S/C12H14Br2ClNOS/c1-11(2,3)18(17)16-10(12(16,13)14)8-4-6-9(15)7-5-8/h4-7,10H,1-3H3/t10-,16?,18+/m0/s1. The molecule has 100 valence electrons. The van der Waals surface area contributed by atoms with E-state index in [-0.39, 0.29) is 10.8 Å². The van der Waals surface area contributed by atoms with Crippen LogP contribution in [0.3, 0.4) is 0 Å². The molecular formula is C12H14Br2ClNOS. The van der Waals surface area contributed by atoms with Crippen LogP contribution in [-0.4, -0.2) is 16.6 Å². The van der Waals surface area contributed by atoms with Crippen LogP contribution < -0.4 is 0 Å². The molecule has 2 nitrogen and oxygen atoms in total. The van der Waals surface area contributed by atoms with Crippen molar-refractivity contribution in [3.05, 3.63) is 34.9 Å². The molecule has 1 heterocycles. The van der Waals surface area contributed by atoms with Crippen LogP contribution in [0.5, 0.6) is 0 Å². The lowest BCUT2D eigenvalue weighted by Crippen LogP contribution is -2.28. The van der Waals surface area contributed by atoms with Gasteiger partial charge in [-0.2, -0.15) is 4.31 Å². The van der Waals surface area contributed by atoms with Crippen LogP contribution in [-0.2, 0) is 11.0 Å². The van der Waals surface area contributed by atoms with Crippen LogP contribution in [0.15, 0.2) is 24.3 Å². The number of hydrogen-bond donors (Lipinski definition) is 0. The second-order valence-electron chi connectivity index (χ2n) is 5.23. The van der Waals surface area contributed by atoms with E-state index in [1.807, 2.05) is 49.3 Å². The van der Waals surface area contributed by atoms with Crippen molar-refractivity contribution in [2.75, 3.05) is 0 Å². The molecule has 0 aliphatic carbocycles. The highest BCUT2D eigenvalue weighted by Crippen LogP contribution is 2.63. The molecule has 1 unspecified atom stereocenters. The zero-order valence-electron chi connectivity index (χ0n) is 10.3. The Hall–Kier alpha value is 0.580. The average Bonchev–Trinajstić information content (AvgIpc) is 2.80. The van der Waals surface area contributed by atoms with E-state index in [4.69, 9.17) is 11.6 Å². The summed E-state index contributed by atoms with van der Waals surface area (Å²) in [5, 5.41) is 0.706. The Morgan fingerprint density at radius 2 is 1.78 bits per heavy atom. The Morgan fingerprint density at radius 1 is 1.28 bits per heavy atom. The summed E-state index contributed by atoms with van der Waals surface area (Å²) in [5.41, 5.74) is 1.09. The van der Waals surface area contributed by atoms with Gasteiger partial charge in [-0.15, -0.1) is 0 Å². The highest BCUT2D eigenvalue weighted by molar-refractivity contribution is 9.25. The fourth-order valence-electron chi connectivity index (χ4n) is 1.71. The summed E-state index contributed by atoms with van der Waals surface area (Å²) in [4.78, 5) is 0. The Bertz CT molecular complexity index is 484. The molecule has 1 aliphatic rings. The smallest absolute Gasteiger partial charge is 0.165 e. The Morgan fingerprint density at radius 3 is 2.22 bits per heavy atom. The maximum atomic E-state index is 12.4. The predicted molar refractivity (Wildman–Crippen MR) is 84.5 cm³/mol. The molecule has 0 aromatic heterocycles. The summed E-state index contributed by atoms with van der Waals surface area (Å²) in [6.07, 6.45) is 0. The molecule has 18 heavy (non-hydrogen) atoms. The first-order valence-electron chi connectivity index (χ1n) is 5.50. The summed E-state index contributed by atoms with van der Waals surface area (Å²) < 4.78 is 13.6. The average molecular weight is 416 g/mol. The molecule has 1 aromatic carbocycles. The third kappa shape index (κ3) is 2.70. The molecular weight excluding hydrogens is 401 g/mol.